The van der Waals surface area contributed by atoms with Crippen molar-refractivity contribution < 1.29 is 19.1 Å². The van der Waals surface area contributed by atoms with Gasteiger partial charge >= 0.3 is 6.03 Å². The number of ether oxygens (including phenoxy) is 2. The van der Waals surface area contributed by atoms with Crippen LogP contribution in [-0.2, 0) is 14.3 Å². The van der Waals surface area contributed by atoms with Crippen molar-refractivity contribution in [1.82, 2.24) is 25.2 Å². The van der Waals surface area contributed by atoms with Gasteiger partial charge < -0.3 is 19.7 Å². The van der Waals surface area contributed by atoms with Gasteiger partial charge in [0, 0.05) is 53.2 Å². The molecule has 214 valence electrons. The number of anilines is 1. The van der Waals surface area contributed by atoms with E-state index < -0.39 is 27.7 Å². The molecule has 2 aromatic heterocycles. The first-order chi connectivity index (χ1) is 18.3. The molecule has 3 heterocycles. The number of imide groups is 1. The van der Waals surface area contributed by atoms with Crippen LogP contribution in [0.2, 0.25) is 51.4 Å². The van der Waals surface area contributed by atoms with Crippen molar-refractivity contribution in [3.63, 3.8) is 0 Å². The average Bonchev–Trinajstić information content (AvgIpc) is 3.35. The van der Waals surface area contributed by atoms with Gasteiger partial charge in [0.1, 0.15) is 32.7 Å². The van der Waals surface area contributed by atoms with E-state index in [1.165, 1.54) is 0 Å². The van der Waals surface area contributed by atoms with Crippen LogP contribution in [0.25, 0.3) is 5.65 Å². The highest BCUT2D eigenvalue weighted by atomic mass is 28.3. The van der Waals surface area contributed by atoms with E-state index in [4.69, 9.17) is 14.5 Å². The summed E-state index contributed by atoms with van der Waals surface area (Å²) in [6.07, 6.45) is 4.57. The molecule has 39 heavy (non-hydrogen) atoms. The third kappa shape index (κ3) is 7.50. The Morgan fingerprint density at radius 3 is 2.15 bits per heavy atom. The Labute approximate surface area is 235 Å². The molecule has 2 fully saturated rings. The lowest BCUT2D eigenvalue weighted by Crippen LogP contribution is -2.49. The van der Waals surface area contributed by atoms with Crippen molar-refractivity contribution in [3.8, 4) is 0 Å². The number of nitrogens with zero attached hydrogens (tertiary/aromatic N) is 4. The predicted octanol–water partition coefficient (Wildman–Crippen LogP) is 2.65. The summed E-state index contributed by atoms with van der Waals surface area (Å²) < 4.78 is 14.3. The fraction of sp³-hybridized carbons (Fsp3) is 0.692. The minimum Gasteiger partial charge on any atom is -0.361 e. The summed E-state index contributed by atoms with van der Waals surface area (Å²) in [5, 5.41) is 9.92. The Morgan fingerprint density at radius 2 is 1.64 bits per heavy atom. The highest BCUT2D eigenvalue weighted by Crippen LogP contribution is 2.39. The van der Waals surface area contributed by atoms with Gasteiger partial charge in [-0.2, -0.15) is 9.61 Å². The SMILES string of the molecule is Bc1cnn2c(N(COCC[Si](C)(C)C)COCC[Si](C)(C)C)cc(C3CCC4(CC3)NC(=O)NC4=O)nc12. The first-order valence-corrected chi connectivity index (χ1v) is 21.6. The minimum atomic E-state index is -1.21. The lowest BCUT2D eigenvalue weighted by atomic mass is 9.75. The molecule has 1 spiro atoms. The van der Waals surface area contributed by atoms with E-state index in [1.54, 1.807) is 0 Å². The zero-order valence-electron chi connectivity index (χ0n) is 24.7. The van der Waals surface area contributed by atoms with Gasteiger partial charge in [-0.15, -0.1) is 0 Å². The molecule has 2 N–H and O–H groups in total. The standard InChI is InChI=1S/C26H45BN6O4Si2/c1-38(2,3)13-11-36-17-32(18-37-12-14-39(4,5)6)22-15-21(29-23-20(27)16-28-33(22)23)19-7-9-26(10-8-19)24(34)30-25(35)31-26/h15-16,19H,7-14,17-18,27H2,1-6H3,(H2,30,31,34,35). The maximum absolute atomic E-state index is 12.5. The first-order valence-electron chi connectivity index (χ1n) is 14.2. The van der Waals surface area contributed by atoms with Crippen LogP contribution in [0.3, 0.4) is 0 Å². The molecule has 1 saturated carbocycles. The van der Waals surface area contributed by atoms with Crippen molar-refractivity contribution in [2.24, 2.45) is 0 Å². The molecular weight excluding hydrogens is 527 g/mol. The van der Waals surface area contributed by atoms with Gasteiger partial charge in [0.25, 0.3) is 5.91 Å². The Bertz CT molecular complexity index is 1170. The number of hydrogen-bond acceptors (Lipinski definition) is 7. The number of nitrogens with one attached hydrogen (secondary N) is 2. The second-order valence-electron chi connectivity index (χ2n) is 13.6. The number of carbonyl (C=O) groups excluding carboxylic acids is 2. The zero-order chi connectivity index (χ0) is 28.4. The smallest absolute Gasteiger partial charge is 0.322 e. The van der Waals surface area contributed by atoms with Gasteiger partial charge in [0.15, 0.2) is 5.65 Å². The maximum Gasteiger partial charge on any atom is 0.322 e. The summed E-state index contributed by atoms with van der Waals surface area (Å²) in [5.41, 5.74) is 2.03. The Kier molecular flexibility index (Phi) is 8.94. The molecule has 13 heteroatoms. The van der Waals surface area contributed by atoms with E-state index in [-0.39, 0.29) is 11.8 Å². The van der Waals surface area contributed by atoms with Crippen molar-refractivity contribution in [2.75, 3.05) is 31.6 Å². The summed E-state index contributed by atoms with van der Waals surface area (Å²) >= 11 is 0. The molecule has 0 atom stereocenters. The van der Waals surface area contributed by atoms with Gasteiger partial charge in [-0.25, -0.2) is 9.78 Å². The van der Waals surface area contributed by atoms with E-state index in [0.29, 0.717) is 26.3 Å². The number of amides is 3. The fourth-order valence-electron chi connectivity index (χ4n) is 5.07. The van der Waals surface area contributed by atoms with Gasteiger partial charge in [0.2, 0.25) is 0 Å². The van der Waals surface area contributed by atoms with Crippen LogP contribution in [0.1, 0.15) is 37.3 Å². The van der Waals surface area contributed by atoms with E-state index in [9.17, 15) is 9.59 Å². The molecule has 0 radical (unpaired) electrons. The molecule has 0 bridgehead atoms. The quantitative estimate of drug-likeness (QED) is 0.174. The number of hydrogen-bond donors (Lipinski definition) is 2. The van der Waals surface area contributed by atoms with Gasteiger partial charge in [-0.3, -0.25) is 10.1 Å². The van der Waals surface area contributed by atoms with Gasteiger partial charge in [-0.05, 0) is 43.2 Å². The third-order valence-electron chi connectivity index (χ3n) is 7.73. The third-order valence-corrected chi connectivity index (χ3v) is 11.1. The van der Waals surface area contributed by atoms with Gasteiger partial charge in [-0.1, -0.05) is 39.3 Å². The predicted molar refractivity (Wildman–Crippen MR) is 162 cm³/mol. The Balaban J connectivity index is 1.56. The minimum absolute atomic E-state index is 0.182. The Hall–Kier alpha value is -2.22. The van der Waals surface area contributed by atoms with Crippen LogP contribution in [0.15, 0.2) is 12.3 Å². The largest absolute Gasteiger partial charge is 0.361 e. The van der Waals surface area contributed by atoms with Crippen LogP contribution in [0.4, 0.5) is 10.6 Å². The summed E-state index contributed by atoms with van der Waals surface area (Å²) in [5.74, 6) is 0.872. The molecule has 2 aliphatic rings. The number of fused-ring (bicyclic) bond motifs is 1. The van der Waals surface area contributed by atoms with E-state index >= 15 is 0 Å². The second kappa shape index (κ2) is 11.7. The molecule has 2 aromatic rings. The summed E-state index contributed by atoms with van der Waals surface area (Å²) in [6.45, 7) is 16.4. The fourth-order valence-corrected chi connectivity index (χ4v) is 6.59. The van der Waals surface area contributed by atoms with Crippen molar-refractivity contribution in [1.29, 1.82) is 0 Å². The molecule has 1 saturated heterocycles. The normalized spacial score (nSPS) is 21.9. The van der Waals surface area contributed by atoms with Crippen molar-refractivity contribution in [2.45, 2.75) is 88.5 Å². The van der Waals surface area contributed by atoms with E-state index in [0.717, 1.165) is 60.8 Å². The lowest BCUT2D eigenvalue weighted by Gasteiger charge is -2.34. The first kappa shape index (κ1) is 29.8. The van der Waals surface area contributed by atoms with Crippen LogP contribution < -0.4 is 21.0 Å². The molecule has 10 nitrogen and oxygen atoms in total. The molecule has 3 amide bonds. The number of aromatic nitrogens is 3. The molecule has 1 aliphatic heterocycles. The molecule has 4 rings (SSSR count). The van der Waals surface area contributed by atoms with Crippen LogP contribution in [-0.4, -0.2) is 82.7 Å². The molecule has 0 aromatic carbocycles. The van der Waals surface area contributed by atoms with Crippen molar-refractivity contribution in [3.05, 3.63) is 18.0 Å². The maximum atomic E-state index is 12.5. The number of urea groups is 1. The summed E-state index contributed by atoms with van der Waals surface area (Å²) in [7, 11) is -0.392. The topological polar surface area (TPSA) is 110 Å². The highest BCUT2D eigenvalue weighted by molar-refractivity contribution is 6.76. The number of carbonyl (C=O) groups is 2. The van der Waals surface area contributed by atoms with Crippen LogP contribution in [0.5, 0.6) is 0 Å². The van der Waals surface area contributed by atoms with Crippen LogP contribution >= 0.6 is 0 Å². The number of rotatable bonds is 12. The van der Waals surface area contributed by atoms with Crippen LogP contribution in [0, 0.1) is 0 Å². The summed E-state index contributed by atoms with van der Waals surface area (Å²) in [4.78, 5) is 31.4. The lowest BCUT2D eigenvalue weighted by molar-refractivity contribution is -0.125. The average molecular weight is 573 g/mol. The van der Waals surface area contributed by atoms with E-state index in [1.807, 2.05) is 18.6 Å². The monoisotopic (exact) mass is 572 g/mol. The molecule has 0 unspecified atom stereocenters. The van der Waals surface area contributed by atoms with Crippen molar-refractivity contribution >= 4 is 52.9 Å². The zero-order valence-corrected chi connectivity index (χ0v) is 26.7. The molecular formula is C26H45BN6O4Si2. The highest BCUT2D eigenvalue weighted by Gasteiger charge is 2.48. The molecule has 1 aliphatic carbocycles. The Morgan fingerprint density at radius 1 is 1.05 bits per heavy atom. The summed E-state index contributed by atoms with van der Waals surface area (Å²) in [6, 6.07) is 3.92. The second-order valence-corrected chi connectivity index (χ2v) is 24.8. The van der Waals surface area contributed by atoms with E-state index in [2.05, 4.69) is 66.0 Å². The van der Waals surface area contributed by atoms with Gasteiger partial charge in [0.05, 0.1) is 0 Å².